The van der Waals surface area contributed by atoms with Crippen LogP contribution in [0.15, 0.2) is 36.9 Å². The summed E-state index contributed by atoms with van der Waals surface area (Å²) in [7, 11) is 0. The lowest BCUT2D eigenvalue weighted by Crippen LogP contribution is -2.36. The second-order valence-electron chi connectivity index (χ2n) is 6.61. The van der Waals surface area contributed by atoms with Crippen LogP contribution in [0.5, 0.6) is 5.75 Å². The number of rotatable bonds is 5. The van der Waals surface area contributed by atoms with Crippen LogP contribution in [0, 0.1) is 0 Å². The second kappa shape index (κ2) is 8.10. The average Bonchev–Trinajstić information content (AvgIpc) is 3.07. The third kappa shape index (κ3) is 3.99. The Hall–Kier alpha value is -2.38. The molecule has 1 aromatic heterocycles. The number of hydrogen-bond acceptors (Lipinski definition) is 6. The minimum atomic E-state index is 0.0169. The number of carbonyl (C=O) groups is 1. The van der Waals surface area contributed by atoms with E-state index in [0.29, 0.717) is 19.6 Å². The van der Waals surface area contributed by atoms with Crippen LogP contribution in [0.25, 0.3) is 0 Å². The largest absolute Gasteiger partial charge is 0.490 e. The van der Waals surface area contributed by atoms with Gasteiger partial charge in [0.1, 0.15) is 12.4 Å². The molecule has 1 atom stereocenters. The number of nitrogens with zero attached hydrogens (tertiary/aromatic N) is 2. The normalized spacial score (nSPS) is 19.8. The minimum Gasteiger partial charge on any atom is -0.490 e. The lowest BCUT2D eigenvalue weighted by Gasteiger charge is -2.26. The Balaban J connectivity index is 1.62. The van der Waals surface area contributed by atoms with Crippen LogP contribution in [0.2, 0.25) is 0 Å². The Morgan fingerprint density at radius 3 is 2.85 bits per heavy atom. The molecule has 27 heavy (non-hydrogen) atoms. The Bertz CT molecular complexity index is 812. The minimum absolute atomic E-state index is 0.0169. The Labute approximate surface area is 162 Å². The molecule has 1 unspecified atom stereocenters. The molecular weight excluding hydrogens is 362 g/mol. The Kier molecular flexibility index (Phi) is 5.40. The van der Waals surface area contributed by atoms with Gasteiger partial charge in [-0.2, -0.15) is 0 Å². The zero-order chi connectivity index (χ0) is 18.6. The van der Waals surface area contributed by atoms with E-state index < -0.39 is 0 Å². The van der Waals surface area contributed by atoms with Crippen LogP contribution in [-0.4, -0.2) is 43.8 Å². The highest BCUT2D eigenvalue weighted by molar-refractivity contribution is 7.15. The fraction of sp³-hybridized carbons (Fsp3) is 0.400. The van der Waals surface area contributed by atoms with E-state index in [2.05, 4.69) is 16.8 Å². The van der Waals surface area contributed by atoms with Crippen LogP contribution in [0.4, 0.5) is 5.13 Å². The van der Waals surface area contributed by atoms with Crippen LogP contribution >= 0.6 is 11.3 Å². The maximum atomic E-state index is 12.2. The predicted molar refractivity (Wildman–Crippen MR) is 106 cm³/mol. The first-order valence-corrected chi connectivity index (χ1v) is 9.99. The predicted octanol–water partition coefficient (Wildman–Crippen LogP) is 2.70. The number of thiazole rings is 1. The molecule has 2 aliphatic heterocycles. The van der Waals surface area contributed by atoms with Gasteiger partial charge in [-0.25, -0.2) is 4.98 Å². The molecule has 7 heteroatoms. The summed E-state index contributed by atoms with van der Waals surface area (Å²) in [5.74, 6) is 0.878. The summed E-state index contributed by atoms with van der Waals surface area (Å²) < 4.78 is 11.0. The summed E-state index contributed by atoms with van der Waals surface area (Å²) in [6, 6.07) is 7.98. The fourth-order valence-electron chi connectivity index (χ4n) is 3.39. The smallest absolute Gasteiger partial charge is 0.221 e. The van der Waals surface area contributed by atoms with Gasteiger partial charge in [0, 0.05) is 30.3 Å². The molecule has 0 saturated carbocycles. The van der Waals surface area contributed by atoms with Crippen molar-refractivity contribution < 1.29 is 14.3 Å². The molecule has 0 spiro atoms. The van der Waals surface area contributed by atoms with E-state index in [1.54, 1.807) is 17.4 Å². The van der Waals surface area contributed by atoms with Gasteiger partial charge in [-0.15, -0.1) is 11.3 Å². The number of aromatic nitrogens is 1. The van der Waals surface area contributed by atoms with Gasteiger partial charge >= 0.3 is 0 Å². The first-order valence-electron chi connectivity index (χ1n) is 9.17. The van der Waals surface area contributed by atoms with Gasteiger partial charge in [-0.05, 0) is 17.7 Å². The zero-order valence-electron chi connectivity index (χ0n) is 15.1. The molecule has 1 aromatic carbocycles. The lowest BCUT2D eigenvalue weighted by atomic mass is 9.93. The number of amides is 1. The standard InChI is InChI=1S/C20H23N3O3S/c1-2-9-26-15-5-3-14(4-6-15)16-12-18(24)21-13-17-19(16)27-20(22-17)23-7-10-25-11-8-23/h2-6,16H,1,7-13H2,(H,21,24). The van der Waals surface area contributed by atoms with E-state index in [1.165, 1.54) is 4.88 Å². The van der Waals surface area contributed by atoms with Crippen LogP contribution in [0.3, 0.4) is 0 Å². The summed E-state index contributed by atoms with van der Waals surface area (Å²) >= 11 is 1.70. The second-order valence-corrected chi connectivity index (χ2v) is 7.62. The van der Waals surface area contributed by atoms with Gasteiger partial charge in [-0.3, -0.25) is 4.79 Å². The topological polar surface area (TPSA) is 63.7 Å². The molecular formula is C20H23N3O3S. The first kappa shape index (κ1) is 18.0. The molecule has 0 aliphatic carbocycles. The van der Waals surface area contributed by atoms with Crippen molar-refractivity contribution in [3.05, 3.63) is 53.1 Å². The summed E-state index contributed by atoms with van der Waals surface area (Å²) in [5, 5.41) is 4.01. The molecule has 1 amide bonds. The van der Waals surface area contributed by atoms with Crippen LogP contribution in [-0.2, 0) is 16.1 Å². The molecule has 1 saturated heterocycles. The SMILES string of the molecule is C=CCOc1ccc(C2CC(=O)NCc3nc(N4CCOCC4)sc32)cc1. The number of morpholine rings is 1. The number of hydrogen-bond donors (Lipinski definition) is 1. The number of carbonyl (C=O) groups excluding carboxylic acids is 1. The number of nitrogens with one attached hydrogen (secondary N) is 1. The van der Waals surface area contributed by atoms with Gasteiger partial charge in [0.25, 0.3) is 0 Å². The molecule has 1 fully saturated rings. The maximum absolute atomic E-state index is 12.2. The highest BCUT2D eigenvalue weighted by Crippen LogP contribution is 2.39. The van der Waals surface area contributed by atoms with Crippen molar-refractivity contribution in [3.63, 3.8) is 0 Å². The highest BCUT2D eigenvalue weighted by atomic mass is 32.1. The molecule has 142 valence electrons. The van der Waals surface area contributed by atoms with Gasteiger partial charge < -0.3 is 19.7 Å². The summed E-state index contributed by atoms with van der Waals surface area (Å²) in [6.07, 6.45) is 2.16. The van der Waals surface area contributed by atoms with Gasteiger partial charge in [-0.1, -0.05) is 24.8 Å². The van der Waals surface area contributed by atoms with Gasteiger partial charge in [0.05, 0.1) is 25.5 Å². The summed E-state index contributed by atoms with van der Waals surface area (Å²) in [4.78, 5) is 20.5. The van der Waals surface area contributed by atoms with Crippen molar-refractivity contribution in [1.29, 1.82) is 0 Å². The van der Waals surface area contributed by atoms with Crippen molar-refractivity contribution >= 4 is 22.4 Å². The monoisotopic (exact) mass is 385 g/mol. The molecule has 6 nitrogen and oxygen atoms in total. The van der Waals surface area contributed by atoms with E-state index in [9.17, 15) is 4.79 Å². The van der Waals surface area contributed by atoms with E-state index in [0.717, 1.165) is 48.4 Å². The van der Waals surface area contributed by atoms with E-state index in [-0.39, 0.29) is 11.8 Å². The van der Waals surface area contributed by atoms with Gasteiger partial charge in [0.15, 0.2) is 5.13 Å². The van der Waals surface area contributed by atoms with E-state index in [4.69, 9.17) is 14.5 Å². The van der Waals surface area contributed by atoms with Crippen molar-refractivity contribution in [1.82, 2.24) is 10.3 Å². The molecule has 0 radical (unpaired) electrons. The van der Waals surface area contributed by atoms with Gasteiger partial charge in [0.2, 0.25) is 5.91 Å². The number of fused-ring (bicyclic) bond motifs is 1. The molecule has 3 heterocycles. The van der Waals surface area contributed by atoms with Crippen molar-refractivity contribution in [2.24, 2.45) is 0 Å². The molecule has 1 N–H and O–H groups in total. The number of ether oxygens (including phenoxy) is 2. The highest BCUT2D eigenvalue weighted by Gasteiger charge is 2.29. The lowest BCUT2D eigenvalue weighted by molar-refractivity contribution is -0.121. The third-order valence-electron chi connectivity index (χ3n) is 4.81. The first-order chi connectivity index (χ1) is 13.2. The fourth-order valence-corrected chi connectivity index (χ4v) is 4.65. The molecule has 2 aromatic rings. The zero-order valence-corrected chi connectivity index (χ0v) is 16.0. The summed E-state index contributed by atoms with van der Waals surface area (Å²) in [6.45, 7) is 7.82. The van der Waals surface area contributed by atoms with Crippen molar-refractivity contribution in [2.75, 3.05) is 37.8 Å². The number of anilines is 1. The van der Waals surface area contributed by atoms with Crippen molar-refractivity contribution in [2.45, 2.75) is 18.9 Å². The van der Waals surface area contributed by atoms with Crippen LogP contribution < -0.4 is 15.0 Å². The van der Waals surface area contributed by atoms with E-state index >= 15 is 0 Å². The van der Waals surface area contributed by atoms with Crippen LogP contribution in [0.1, 0.15) is 28.5 Å². The summed E-state index contributed by atoms with van der Waals surface area (Å²) in [5.41, 5.74) is 2.08. The number of benzene rings is 1. The molecule has 4 rings (SSSR count). The Morgan fingerprint density at radius 2 is 2.11 bits per heavy atom. The third-order valence-corrected chi connectivity index (χ3v) is 6.08. The van der Waals surface area contributed by atoms with Crippen molar-refractivity contribution in [3.8, 4) is 5.75 Å². The average molecular weight is 385 g/mol. The Morgan fingerprint density at radius 1 is 1.33 bits per heavy atom. The molecule has 0 bridgehead atoms. The molecule has 2 aliphatic rings. The maximum Gasteiger partial charge on any atom is 0.221 e. The van der Waals surface area contributed by atoms with E-state index in [1.807, 2.05) is 24.3 Å². The quantitative estimate of drug-likeness (QED) is 0.802.